The second-order valence-corrected chi connectivity index (χ2v) is 7.16. The van der Waals surface area contributed by atoms with E-state index in [4.69, 9.17) is 0 Å². The predicted molar refractivity (Wildman–Crippen MR) is 102 cm³/mol. The molecule has 0 fully saturated rings. The van der Waals surface area contributed by atoms with Gasteiger partial charge >= 0.3 is 0 Å². The van der Waals surface area contributed by atoms with Gasteiger partial charge in [0.1, 0.15) is 6.33 Å². The highest BCUT2D eigenvalue weighted by Gasteiger charge is 2.20. The van der Waals surface area contributed by atoms with Crippen molar-refractivity contribution in [1.82, 2.24) is 29.9 Å². The van der Waals surface area contributed by atoms with Crippen LogP contribution in [0.25, 0.3) is 0 Å². The molecular weight excluding hydrogens is 382 g/mol. The summed E-state index contributed by atoms with van der Waals surface area (Å²) in [6, 6.07) is 4.42. The van der Waals surface area contributed by atoms with E-state index in [0.717, 1.165) is 30.2 Å². The van der Waals surface area contributed by atoms with Gasteiger partial charge in [0.05, 0.1) is 16.0 Å². The summed E-state index contributed by atoms with van der Waals surface area (Å²) in [4.78, 5) is 23.7. The summed E-state index contributed by atoms with van der Waals surface area (Å²) in [6.45, 7) is 0.469. The van der Waals surface area contributed by atoms with Gasteiger partial charge in [-0.3, -0.25) is 19.6 Å². The lowest BCUT2D eigenvalue weighted by Gasteiger charge is -2.07. The third-order valence-corrected chi connectivity index (χ3v) is 5.09. The van der Waals surface area contributed by atoms with Crippen molar-refractivity contribution < 1.29 is 9.72 Å². The average molecular weight is 401 g/mol. The van der Waals surface area contributed by atoms with Gasteiger partial charge in [0.15, 0.2) is 5.16 Å². The minimum atomic E-state index is -0.502. The molecule has 0 bridgehead atoms. The van der Waals surface area contributed by atoms with E-state index in [1.807, 2.05) is 13.2 Å². The Morgan fingerprint density at radius 1 is 1.36 bits per heavy atom. The molecule has 1 amide bonds. The third kappa shape index (κ3) is 4.74. The Balaban J connectivity index is 1.62. The topological polar surface area (TPSA) is 121 Å². The first-order valence-corrected chi connectivity index (χ1v) is 9.31. The van der Waals surface area contributed by atoms with E-state index in [-0.39, 0.29) is 17.2 Å². The van der Waals surface area contributed by atoms with Gasteiger partial charge in [-0.25, -0.2) is 0 Å². The van der Waals surface area contributed by atoms with Gasteiger partial charge in [0.2, 0.25) is 0 Å². The number of nitro benzene ring substituents is 1. The van der Waals surface area contributed by atoms with Crippen molar-refractivity contribution >= 4 is 23.4 Å². The lowest BCUT2D eigenvalue weighted by molar-refractivity contribution is -0.387. The molecule has 0 unspecified atom stereocenters. The highest BCUT2D eigenvalue weighted by molar-refractivity contribution is 7.99. The van der Waals surface area contributed by atoms with Crippen LogP contribution >= 0.6 is 11.8 Å². The average Bonchev–Trinajstić information content (AvgIpc) is 3.27. The van der Waals surface area contributed by atoms with Gasteiger partial charge < -0.3 is 9.88 Å². The lowest BCUT2D eigenvalue weighted by atomic mass is 10.1. The number of carbonyl (C=O) groups excluding carboxylic acids is 1. The molecule has 146 valence electrons. The van der Waals surface area contributed by atoms with Crippen molar-refractivity contribution in [3.8, 4) is 0 Å². The van der Waals surface area contributed by atoms with E-state index in [9.17, 15) is 14.9 Å². The van der Waals surface area contributed by atoms with Crippen LogP contribution in [0.4, 0.5) is 5.69 Å². The number of nitro groups is 1. The molecular formula is C17H19N7O3S. The number of aromatic nitrogens is 5. The molecule has 3 rings (SSSR count). The lowest BCUT2D eigenvalue weighted by Crippen LogP contribution is -2.24. The standard InChI is InChI=1S/C17H19N7O3S/c1-22-11-19-21-17(22)28-15-6-5-13(8-14(15)24(26)27)16(25)18-7-3-4-12-9-20-23(2)10-12/h5-6,8-11H,3-4,7H2,1-2H3,(H,18,25). The molecule has 0 saturated heterocycles. The van der Waals surface area contributed by atoms with Crippen LogP contribution < -0.4 is 5.32 Å². The molecule has 11 heteroatoms. The van der Waals surface area contributed by atoms with Gasteiger partial charge in [-0.1, -0.05) is 0 Å². The summed E-state index contributed by atoms with van der Waals surface area (Å²) in [7, 11) is 3.60. The van der Waals surface area contributed by atoms with Crippen molar-refractivity contribution in [3.05, 3.63) is 58.2 Å². The Morgan fingerprint density at radius 2 is 2.18 bits per heavy atom. The molecule has 2 heterocycles. The Kier molecular flexibility index (Phi) is 6.04. The number of hydrogen-bond donors (Lipinski definition) is 1. The first-order valence-electron chi connectivity index (χ1n) is 8.50. The van der Waals surface area contributed by atoms with Crippen molar-refractivity contribution in [3.63, 3.8) is 0 Å². The zero-order chi connectivity index (χ0) is 20.1. The number of aryl methyl sites for hydroxylation is 3. The SMILES string of the molecule is Cn1cc(CCCNC(=O)c2ccc(Sc3nncn3C)c([N+](=O)[O-])c2)cn1. The van der Waals surface area contributed by atoms with Gasteiger partial charge in [-0.15, -0.1) is 10.2 Å². The van der Waals surface area contributed by atoms with Crippen LogP contribution in [0.15, 0.2) is 47.0 Å². The maximum atomic E-state index is 12.3. The Hall–Kier alpha value is -3.21. The van der Waals surface area contributed by atoms with Crippen LogP contribution in [0.3, 0.4) is 0 Å². The van der Waals surface area contributed by atoms with Crippen molar-refractivity contribution in [2.24, 2.45) is 14.1 Å². The molecule has 10 nitrogen and oxygen atoms in total. The van der Waals surface area contributed by atoms with Crippen LogP contribution in [-0.2, 0) is 20.5 Å². The number of nitrogens with zero attached hydrogens (tertiary/aromatic N) is 6. The fourth-order valence-electron chi connectivity index (χ4n) is 2.55. The molecule has 1 aromatic carbocycles. The summed E-state index contributed by atoms with van der Waals surface area (Å²) < 4.78 is 3.39. The molecule has 0 radical (unpaired) electrons. The number of rotatable bonds is 8. The van der Waals surface area contributed by atoms with E-state index in [2.05, 4.69) is 20.6 Å². The quantitative estimate of drug-likeness (QED) is 0.348. The molecule has 0 aliphatic heterocycles. The molecule has 0 spiro atoms. The van der Waals surface area contributed by atoms with E-state index in [1.165, 1.54) is 12.4 Å². The van der Waals surface area contributed by atoms with Crippen molar-refractivity contribution in [2.75, 3.05) is 6.54 Å². The van der Waals surface area contributed by atoms with E-state index in [0.29, 0.717) is 16.6 Å². The van der Waals surface area contributed by atoms with Crippen LogP contribution in [0, 0.1) is 10.1 Å². The van der Waals surface area contributed by atoms with Gasteiger partial charge in [0, 0.05) is 38.5 Å². The molecule has 0 saturated carbocycles. The maximum absolute atomic E-state index is 12.3. The number of benzene rings is 1. The number of amides is 1. The Bertz CT molecular complexity index is 998. The Morgan fingerprint density at radius 3 is 2.82 bits per heavy atom. The predicted octanol–water partition coefficient (Wildman–Crippen LogP) is 1.97. The second-order valence-electron chi connectivity index (χ2n) is 6.15. The molecule has 0 aliphatic carbocycles. The van der Waals surface area contributed by atoms with E-state index < -0.39 is 4.92 Å². The summed E-state index contributed by atoms with van der Waals surface area (Å²) >= 11 is 1.13. The van der Waals surface area contributed by atoms with Crippen LogP contribution in [0.2, 0.25) is 0 Å². The highest BCUT2D eigenvalue weighted by Crippen LogP contribution is 2.34. The number of nitrogens with one attached hydrogen (secondary N) is 1. The number of carbonyl (C=O) groups is 1. The first kappa shape index (κ1) is 19.5. The van der Waals surface area contributed by atoms with Crippen LogP contribution in [0.5, 0.6) is 0 Å². The minimum Gasteiger partial charge on any atom is -0.352 e. The fraction of sp³-hybridized carbons (Fsp3) is 0.294. The normalized spacial score (nSPS) is 10.8. The van der Waals surface area contributed by atoms with Crippen molar-refractivity contribution in [2.45, 2.75) is 22.9 Å². The fourth-order valence-corrected chi connectivity index (χ4v) is 3.40. The smallest absolute Gasteiger partial charge is 0.284 e. The molecule has 28 heavy (non-hydrogen) atoms. The maximum Gasteiger partial charge on any atom is 0.284 e. The molecule has 0 aliphatic rings. The highest BCUT2D eigenvalue weighted by atomic mass is 32.2. The molecule has 3 aromatic rings. The zero-order valence-electron chi connectivity index (χ0n) is 15.4. The van der Waals surface area contributed by atoms with E-state index >= 15 is 0 Å². The summed E-state index contributed by atoms with van der Waals surface area (Å²) in [6.07, 6.45) is 6.78. The molecule has 0 atom stereocenters. The van der Waals surface area contributed by atoms with Crippen molar-refractivity contribution in [1.29, 1.82) is 0 Å². The van der Waals surface area contributed by atoms with Gasteiger partial charge in [0.25, 0.3) is 11.6 Å². The monoisotopic (exact) mass is 401 g/mol. The van der Waals surface area contributed by atoms with Crippen LogP contribution in [-0.4, -0.2) is 41.9 Å². The van der Waals surface area contributed by atoms with Gasteiger partial charge in [-0.2, -0.15) is 5.10 Å². The largest absolute Gasteiger partial charge is 0.352 e. The summed E-state index contributed by atoms with van der Waals surface area (Å²) in [5, 5.41) is 26.5. The van der Waals surface area contributed by atoms with Gasteiger partial charge in [-0.05, 0) is 42.3 Å². The summed E-state index contributed by atoms with van der Waals surface area (Å²) in [5.41, 5.74) is 1.20. The van der Waals surface area contributed by atoms with Crippen LogP contribution in [0.1, 0.15) is 22.3 Å². The number of hydrogen-bond acceptors (Lipinski definition) is 7. The second kappa shape index (κ2) is 8.65. The summed E-state index contributed by atoms with van der Waals surface area (Å²) in [5.74, 6) is -0.343. The third-order valence-electron chi connectivity index (χ3n) is 3.98. The Labute approximate surface area is 165 Å². The minimum absolute atomic E-state index is 0.143. The zero-order valence-corrected chi connectivity index (χ0v) is 16.2. The van der Waals surface area contributed by atoms with E-state index in [1.54, 1.807) is 34.6 Å². The molecule has 1 N–H and O–H groups in total. The first-order chi connectivity index (χ1) is 13.4. The molecule has 2 aromatic heterocycles.